The zero-order valence-corrected chi connectivity index (χ0v) is 39.4. The van der Waals surface area contributed by atoms with E-state index >= 15 is 0 Å². The van der Waals surface area contributed by atoms with Crippen LogP contribution in [-0.2, 0) is 9.59 Å². The van der Waals surface area contributed by atoms with Gasteiger partial charge in [0.15, 0.2) is 0 Å². The fourth-order valence-corrected chi connectivity index (χ4v) is 10.7. The topological polar surface area (TPSA) is 94.7 Å². The molecule has 352 valence electrons. The molecule has 4 aliphatic heterocycles. The summed E-state index contributed by atoms with van der Waals surface area (Å²) in [6, 6.07) is 25.7. The van der Waals surface area contributed by atoms with Crippen molar-refractivity contribution in [3.05, 3.63) is 166 Å². The molecular weight excluding hydrogens is 859 g/mol. The van der Waals surface area contributed by atoms with Crippen molar-refractivity contribution >= 4 is 24.0 Å². The van der Waals surface area contributed by atoms with Gasteiger partial charge in [-0.3, -0.25) is 9.59 Å². The number of aromatic nitrogens is 4. The van der Waals surface area contributed by atoms with Crippen LogP contribution >= 0.6 is 0 Å². The lowest BCUT2D eigenvalue weighted by Crippen LogP contribution is -2.45. The maximum Gasteiger partial charge on any atom is 0.250 e. The summed E-state index contributed by atoms with van der Waals surface area (Å²) in [5.74, 6) is 1.17. The smallest absolute Gasteiger partial charge is 0.250 e. The van der Waals surface area contributed by atoms with Crippen LogP contribution in [0.15, 0.2) is 121 Å². The molecule has 4 aliphatic rings. The minimum atomic E-state index is -0.248. The largest absolute Gasteiger partial charge is 0.495 e. The first kappa shape index (κ1) is 46.3. The lowest BCUT2D eigenvalue weighted by Gasteiger charge is -2.42. The Hall–Kier alpha value is -6.82. The highest BCUT2D eigenvalue weighted by molar-refractivity contribution is 5.99. The number of piperidine rings is 2. The van der Waals surface area contributed by atoms with Crippen LogP contribution < -0.4 is 9.47 Å². The van der Waals surface area contributed by atoms with Crippen molar-refractivity contribution in [3.8, 4) is 22.9 Å². The van der Waals surface area contributed by atoms with E-state index in [1.165, 1.54) is 24.3 Å². The number of hydrogen-bond donors (Lipinski definition) is 0. The highest BCUT2D eigenvalue weighted by Crippen LogP contribution is 2.42. The van der Waals surface area contributed by atoms with Gasteiger partial charge in [-0.1, -0.05) is 36.4 Å². The Labute approximate surface area is 397 Å². The van der Waals surface area contributed by atoms with Gasteiger partial charge in [0.25, 0.3) is 11.8 Å². The monoisotopic (exact) mass is 918 g/mol. The van der Waals surface area contributed by atoms with Gasteiger partial charge in [0.2, 0.25) is 0 Å². The van der Waals surface area contributed by atoms with Gasteiger partial charge >= 0.3 is 0 Å². The average Bonchev–Trinajstić information content (AvgIpc) is 3.92. The zero-order chi connectivity index (χ0) is 47.3. The van der Waals surface area contributed by atoms with E-state index in [2.05, 4.69) is 19.8 Å². The minimum absolute atomic E-state index is 0.00487. The van der Waals surface area contributed by atoms with E-state index in [1.54, 1.807) is 26.9 Å². The first-order valence-corrected chi connectivity index (χ1v) is 24.0. The normalized spacial score (nSPS) is 21.9. The molecule has 4 atom stereocenters. The number of amides is 2. The third-order valence-corrected chi connectivity index (χ3v) is 14.1. The van der Waals surface area contributed by atoms with Crippen molar-refractivity contribution < 1.29 is 27.8 Å². The second-order valence-corrected chi connectivity index (χ2v) is 18.6. The summed E-state index contributed by atoms with van der Waals surface area (Å²) < 4.78 is 42.2. The van der Waals surface area contributed by atoms with E-state index in [0.29, 0.717) is 0 Å². The van der Waals surface area contributed by atoms with Crippen molar-refractivity contribution in [1.82, 2.24) is 28.9 Å². The van der Waals surface area contributed by atoms with E-state index in [0.717, 1.165) is 145 Å². The van der Waals surface area contributed by atoms with E-state index in [1.807, 2.05) is 108 Å². The van der Waals surface area contributed by atoms with Crippen molar-refractivity contribution in [3.63, 3.8) is 0 Å². The number of hydrogen-bond acceptors (Lipinski definition) is 6. The molecule has 10 rings (SSSR count). The first-order chi connectivity index (χ1) is 33.1. The molecular formula is C56H60F2N6O4. The van der Waals surface area contributed by atoms with Crippen molar-refractivity contribution in [2.24, 2.45) is 0 Å². The summed E-state index contributed by atoms with van der Waals surface area (Å²) in [7, 11) is 3.31. The number of aryl methyl sites for hydroxylation is 2. The Morgan fingerprint density at radius 1 is 0.544 bits per heavy atom. The minimum Gasteiger partial charge on any atom is -0.495 e. The molecule has 0 N–H and O–H groups in total. The highest BCUT2D eigenvalue weighted by Gasteiger charge is 2.39. The third-order valence-electron chi connectivity index (χ3n) is 14.1. The van der Waals surface area contributed by atoms with Gasteiger partial charge in [-0.15, -0.1) is 0 Å². The lowest BCUT2D eigenvalue weighted by atomic mass is 9.89. The molecule has 0 radical (unpaired) electrons. The third kappa shape index (κ3) is 10.1. The Kier molecular flexibility index (Phi) is 14.0. The molecule has 0 unspecified atom stereocenters. The second kappa shape index (κ2) is 20.6. The molecule has 0 saturated carbocycles. The number of carbonyl (C=O) groups excluding carboxylic acids is 2. The number of halogens is 2. The van der Waals surface area contributed by atoms with Gasteiger partial charge in [0.05, 0.1) is 61.7 Å². The molecule has 0 aliphatic carbocycles. The SMILES string of the molecule is COc1cc(/C=C2\CCC[C@@H]3CCC[C@H](c4ccc(F)cc4)N3C2=O)ccc1-n1cnc(C)c1.COc1cc(/C=C2\CCC[C@H]3CCC[C@@H](c4ccc(F)cc4)N3C2=O)ccc1-n1cnc(C)c1. The number of carbonyl (C=O) groups is 2. The standard InChI is InChI=1S/2C28H30FN3O2/c2*1-19-17-31(18-30-19)26-14-9-20(16-27(26)34-2)15-22-5-3-6-24-7-4-8-25(32(24)28(22)33)21-10-12-23(29)13-11-21/h2*9-18,24-25H,3-8H2,1-2H3/b2*22-15+/t2*24-,25-/m10/s1. The molecule has 0 spiro atoms. The molecule has 68 heavy (non-hydrogen) atoms. The van der Waals surface area contributed by atoms with Crippen LogP contribution in [0.5, 0.6) is 11.5 Å². The molecule has 6 aromatic rings. The first-order valence-electron chi connectivity index (χ1n) is 24.0. The quantitative estimate of drug-likeness (QED) is 0.141. The van der Waals surface area contributed by atoms with Crippen molar-refractivity contribution in [2.75, 3.05) is 14.2 Å². The van der Waals surface area contributed by atoms with Crippen LogP contribution in [0, 0.1) is 25.5 Å². The highest BCUT2D eigenvalue weighted by atomic mass is 19.1. The Morgan fingerprint density at radius 2 is 0.941 bits per heavy atom. The van der Waals surface area contributed by atoms with Gasteiger partial charge in [-0.05, 0) is 174 Å². The predicted octanol–water partition coefficient (Wildman–Crippen LogP) is 12.0. The lowest BCUT2D eigenvalue weighted by molar-refractivity contribution is -0.134. The molecule has 6 heterocycles. The summed E-state index contributed by atoms with van der Waals surface area (Å²) in [6.07, 6.45) is 23.0. The van der Waals surface area contributed by atoms with Gasteiger partial charge < -0.3 is 28.4 Å². The molecule has 4 fully saturated rings. The Balaban J connectivity index is 0.000000170. The number of fused-ring (bicyclic) bond motifs is 2. The van der Waals surface area contributed by atoms with E-state index in [-0.39, 0.29) is 47.6 Å². The number of benzene rings is 4. The number of ether oxygens (including phenoxy) is 2. The molecule has 2 amide bonds. The van der Waals surface area contributed by atoms with E-state index in [4.69, 9.17) is 9.47 Å². The van der Waals surface area contributed by atoms with Gasteiger partial charge in [-0.25, -0.2) is 18.7 Å². The summed E-state index contributed by atoms with van der Waals surface area (Å²) in [6.45, 7) is 3.90. The number of methoxy groups -OCH3 is 2. The number of imidazole rings is 2. The molecule has 4 saturated heterocycles. The van der Waals surface area contributed by atoms with Crippen LogP contribution in [0.1, 0.15) is 123 Å². The fraction of sp³-hybridized carbons (Fsp3) is 0.357. The van der Waals surface area contributed by atoms with E-state index in [9.17, 15) is 18.4 Å². The van der Waals surface area contributed by atoms with Gasteiger partial charge in [0.1, 0.15) is 23.1 Å². The maximum absolute atomic E-state index is 13.8. The summed E-state index contributed by atoms with van der Waals surface area (Å²) in [5, 5.41) is 0. The molecule has 0 bridgehead atoms. The van der Waals surface area contributed by atoms with Crippen LogP contribution in [0.3, 0.4) is 0 Å². The summed E-state index contributed by atoms with van der Waals surface area (Å²) in [5.41, 5.74) is 9.24. The van der Waals surface area contributed by atoms with E-state index < -0.39 is 0 Å². The zero-order valence-electron chi connectivity index (χ0n) is 39.4. The molecule has 2 aromatic heterocycles. The maximum atomic E-state index is 13.8. The molecule has 4 aromatic carbocycles. The van der Waals surface area contributed by atoms with Crippen molar-refractivity contribution in [2.45, 2.75) is 115 Å². The summed E-state index contributed by atoms with van der Waals surface area (Å²) >= 11 is 0. The van der Waals surface area contributed by atoms with Gasteiger partial charge in [0, 0.05) is 35.6 Å². The Morgan fingerprint density at radius 3 is 1.31 bits per heavy atom. The second-order valence-electron chi connectivity index (χ2n) is 18.6. The average molecular weight is 919 g/mol. The van der Waals surface area contributed by atoms with Gasteiger partial charge in [-0.2, -0.15) is 0 Å². The van der Waals surface area contributed by atoms with Crippen LogP contribution in [0.25, 0.3) is 23.5 Å². The van der Waals surface area contributed by atoms with Crippen LogP contribution in [0.4, 0.5) is 8.78 Å². The van der Waals surface area contributed by atoms with Crippen molar-refractivity contribution in [1.29, 1.82) is 0 Å². The summed E-state index contributed by atoms with van der Waals surface area (Å²) in [4.78, 5) is 40.4. The molecule has 12 heteroatoms. The molecule has 10 nitrogen and oxygen atoms in total. The predicted molar refractivity (Wildman–Crippen MR) is 261 cm³/mol. The Bertz CT molecular complexity index is 2620. The van der Waals surface area contributed by atoms with Crippen LogP contribution in [-0.4, -0.2) is 67.0 Å². The number of rotatable bonds is 8. The van der Waals surface area contributed by atoms with Crippen LogP contribution in [0.2, 0.25) is 0 Å². The fourth-order valence-electron chi connectivity index (χ4n) is 10.7. The number of nitrogens with zero attached hydrogens (tertiary/aromatic N) is 6.